The molecule has 0 fully saturated rings. The number of rotatable bonds is 4. The zero-order valence-electron chi connectivity index (χ0n) is 8.66. The quantitative estimate of drug-likeness (QED) is 0.546. The van der Waals surface area contributed by atoms with Crippen LogP contribution in [0.4, 0.5) is 0 Å². The summed E-state index contributed by atoms with van der Waals surface area (Å²) in [6, 6.07) is 5.49. The smallest absolute Gasteiger partial charge is 0.203 e. The van der Waals surface area contributed by atoms with Gasteiger partial charge in [-0.05, 0) is 12.1 Å². The molecule has 0 radical (unpaired) electrons. The van der Waals surface area contributed by atoms with Crippen molar-refractivity contribution in [2.24, 2.45) is 0 Å². The highest BCUT2D eigenvalue weighted by atomic mass is 28.1. The van der Waals surface area contributed by atoms with E-state index in [1.807, 2.05) is 18.2 Å². The molecule has 1 aromatic carbocycles. The minimum absolute atomic E-state index is 0.604. The fourth-order valence-corrected chi connectivity index (χ4v) is 1.35. The second kappa shape index (κ2) is 4.71. The summed E-state index contributed by atoms with van der Waals surface area (Å²) in [7, 11) is 3.97. The maximum Gasteiger partial charge on any atom is 0.203 e. The van der Waals surface area contributed by atoms with Gasteiger partial charge in [0.15, 0.2) is 11.5 Å². The minimum Gasteiger partial charge on any atom is -0.493 e. The Bertz CT molecular complexity index is 336. The van der Waals surface area contributed by atoms with E-state index in [1.165, 1.54) is 0 Å². The summed E-state index contributed by atoms with van der Waals surface area (Å²) in [5, 5.41) is 0.747. The van der Waals surface area contributed by atoms with E-state index in [9.17, 15) is 0 Å². The number of hydrogen-bond donors (Lipinski definition) is 0. The number of benzene rings is 1. The third-order valence-electron chi connectivity index (χ3n) is 1.65. The molecule has 0 saturated heterocycles. The van der Waals surface area contributed by atoms with Gasteiger partial charge in [0.05, 0.1) is 29.8 Å². The average Bonchev–Trinajstić information content (AvgIpc) is 2.16. The van der Waals surface area contributed by atoms with E-state index in [-0.39, 0.29) is 0 Å². The van der Waals surface area contributed by atoms with Gasteiger partial charge in [0.2, 0.25) is 5.75 Å². The lowest BCUT2D eigenvalue weighted by Gasteiger charge is -2.12. The summed E-state index contributed by atoms with van der Waals surface area (Å²) in [6.07, 6.45) is 0. The highest BCUT2D eigenvalue weighted by molar-refractivity contribution is 6.20. The molecule has 3 nitrogen and oxygen atoms in total. The molecule has 0 heterocycles. The van der Waals surface area contributed by atoms with Crippen molar-refractivity contribution in [3.05, 3.63) is 30.2 Å². The SMILES string of the molecule is C=C([SiH3])Oc1cccc(OC)c1OC. The average molecular weight is 210 g/mol. The lowest BCUT2D eigenvalue weighted by Crippen LogP contribution is -1.97. The Morgan fingerprint density at radius 3 is 2.36 bits per heavy atom. The summed E-state index contributed by atoms with van der Waals surface area (Å²) in [5.41, 5.74) is 0. The zero-order valence-corrected chi connectivity index (χ0v) is 10.7. The van der Waals surface area contributed by atoms with E-state index in [2.05, 4.69) is 6.58 Å². The van der Waals surface area contributed by atoms with Crippen LogP contribution in [0.5, 0.6) is 17.2 Å². The van der Waals surface area contributed by atoms with E-state index < -0.39 is 0 Å². The summed E-state index contributed by atoms with van der Waals surface area (Å²) >= 11 is 0. The van der Waals surface area contributed by atoms with E-state index in [0.29, 0.717) is 17.2 Å². The first-order chi connectivity index (χ1) is 6.69. The molecular formula is C10H14O3Si. The van der Waals surface area contributed by atoms with Gasteiger partial charge in [0, 0.05) is 0 Å². The Hall–Kier alpha value is -1.42. The maximum atomic E-state index is 5.44. The molecule has 0 aliphatic rings. The van der Waals surface area contributed by atoms with Crippen molar-refractivity contribution in [3.8, 4) is 17.2 Å². The lowest BCUT2D eigenvalue weighted by molar-refractivity contribution is 0.334. The third kappa shape index (κ3) is 2.29. The highest BCUT2D eigenvalue weighted by Gasteiger charge is 2.10. The molecule has 76 valence electrons. The molecule has 14 heavy (non-hydrogen) atoms. The molecule has 0 N–H and O–H groups in total. The Morgan fingerprint density at radius 2 is 1.86 bits per heavy atom. The topological polar surface area (TPSA) is 27.7 Å². The first-order valence-electron chi connectivity index (χ1n) is 4.23. The predicted octanol–water partition coefficient (Wildman–Crippen LogP) is 0.919. The molecule has 0 aromatic heterocycles. The number of para-hydroxylation sites is 1. The fraction of sp³-hybridized carbons (Fsp3) is 0.200. The summed E-state index contributed by atoms with van der Waals surface area (Å²) in [6.45, 7) is 3.72. The van der Waals surface area contributed by atoms with Gasteiger partial charge in [-0.2, -0.15) is 0 Å². The van der Waals surface area contributed by atoms with Crippen LogP contribution in [0.1, 0.15) is 0 Å². The molecule has 0 unspecified atom stereocenters. The summed E-state index contributed by atoms with van der Waals surface area (Å²) in [5.74, 6) is 1.91. The molecule has 0 atom stereocenters. The first kappa shape index (κ1) is 10.7. The van der Waals surface area contributed by atoms with Gasteiger partial charge in [-0.1, -0.05) is 12.6 Å². The van der Waals surface area contributed by atoms with Gasteiger partial charge in [0.25, 0.3) is 0 Å². The predicted molar refractivity (Wildman–Crippen MR) is 59.3 cm³/mol. The van der Waals surface area contributed by atoms with Crippen LogP contribution < -0.4 is 14.2 Å². The van der Waals surface area contributed by atoms with E-state index >= 15 is 0 Å². The van der Waals surface area contributed by atoms with Gasteiger partial charge >= 0.3 is 0 Å². The lowest BCUT2D eigenvalue weighted by atomic mass is 10.3. The van der Waals surface area contributed by atoms with Crippen LogP contribution >= 0.6 is 0 Å². The fourth-order valence-electron chi connectivity index (χ4n) is 1.13. The monoisotopic (exact) mass is 210 g/mol. The molecule has 0 spiro atoms. The van der Waals surface area contributed by atoms with Crippen molar-refractivity contribution in [2.45, 2.75) is 0 Å². The van der Waals surface area contributed by atoms with Crippen LogP contribution in [0.15, 0.2) is 30.2 Å². The molecule has 0 aliphatic heterocycles. The van der Waals surface area contributed by atoms with E-state index in [0.717, 1.165) is 15.6 Å². The Morgan fingerprint density at radius 1 is 1.21 bits per heavy atom. The first-order valence-corrected chi connectivity index (χ1v) is 5.23. The number of methoxy groups -OCH3 is 2. The van der Waals surface area contributed by atoms with E-state index in [1.54, 1.807) is 14.2 Å². The van der Waals surface area contributed by atoms with Crippen LogP contribution in [0, 0.1) is 0 Å². The van der Waals surface area contributed by atoms with Crippen LogP contribution in [0.25, 0.3) is 0 Å². The van der Waals surface area contributed by atoms with Crippen LogP contribution in [-0.2, 0) is 0 Å². The van der Waals surface area contributed by atoms with Gasteiger partial charge in [0.1, 0.15) is 0 Å². The molecule has 0 amide bonds. The van der Waals surface area contributed by atoms with Crippen molar-refractivity contribution in [3.63, 3.8) is 0 Å². The van der Waals surface area contributed by atoms with Gasteiger partial charge in [-0.15, -0.1) is 0 Å². The molecular weight excluding hydrogens is 196 g/mol. The third-order valence-corrected chi connectivity index (χ3v) is 1.86. The van der Waals surface area contributed by atoms with Crippen molar-refractivity contribution in [1.29, 1.82) is 0 Å². The van der Waals surface area contributed by atoms with Crippen molar-refractivity contribution >= 4 is 10.2 Å². The van der Waals surface area contributed by atoms with Crippen LogP contribution in [-0.4, -0.2) is 24.5 Å². The molecule has 4 heteroatoms. The van der Waals surface area contributed by atoms with Crippen molar-refractivity contribution in [1.82, 2.24) is 0 Å². The molecule has 0 bridgehead atoms. The Balaban J connectivity index is 3.08. The Kier molecular flexibility index (Phi) is 3.59. The molecule has 0 aliphatic carbocycles. The Labute approximate surface area is 86.7 Å². The van der Waals surface area contributed by atoms with Gasteiger partial charge in [-0.3, -0.25) is 0 Å². The number of ether oxygens (including phenoxy) is 3. The van der Waals surface area contributed by atoms with Gasteiger partial charge < -0.3 is 14.2 Å². The second-order valence-corrected chi connectivity index (χ2v) is 3.91. The van der Waals surface area contributed by atoms with Crippen molar-refractivity contribution < 1.29 is 14.2 Å². The molecule has 0 saturated carbocycles. The second-order valence-electron chi connectivity index (χ2n) is 2.80. The summed E-state index contributed by atoms with van der Waals surface area (Å²) < 4.78 is 15.8. The standard InChI is InChI=1S/C10H14O3Si/c1-7(14)13-9-6-4-5-8(11-2)10(9)12-3/h4-6H,1H2,2-3,14H3. The van der Waals surface area contributed by atoms with Crippen molar-refractivity contribution in [2.75, 3.05) is 14.2 Å². The zero-order chi connectivity index (χ0) is 10.6. The van der Waals surface area contributed by atoms with Crippen LogP contribution in [0.2, 0.25) is 0 Å². The largest absolute Gasteiger partial charge is 0.493 e. The number of hydrogen-bond acceptors (Lipinski definition) is 3. The van der Waals surface area contributed by atoms with Crippen LogP contribution in [0.3, 0.4) is 0 Å². The normalized spacial score (nSPS) is 9.57. The molecule has 1 rings (SSSR count). The van der Waals surface area contributed by atoms with E-state index in [4.69, 9.17) is 14.2 Å². The highest BCUT2D eigenvalue weighted by Crippen LogP contribution is 2.36. The molecule has 1 aromatic rings. The summed E-state index contributed by atoms with van der Waals surface area (Å²) in [4.78, 5) is 0. The van der Waals surface area contributed by atoms with Gasteiger partial charge in [-0.25, -0.2) is 0 Å². The minimum atomic E-state index is 0.604. The maximum absolute atomic E-state index is 5.44.